The van der Waals surface area contributed by atoms with Gasteiger partial charge in [-0.15, -0.1) is 0 Å². The number of hydrogen-bond donors (Lipinski definition) is 0. The summed E-state index contributed by atoms with van der Waals surface area (Å²) < 4.78 is 4.65. The maximum atomic E-state index is 11.6. The number of carbonyl (C=O) groups excluding carboxylic acids is 1. The second-order valence-corrected chi connectivity index (χ2v) is 4.33. The summed E-state index contributed by atoms with van der Waals surface area (Å²) in [6.45, 7) is 5.11. The highest BCUT2D eigenvalue weighted by Gasteiger charge is 2.31. The third kappa shape index (κ3) is 3.13. The number of ether oxygens (including phenoxy) is 1. The summed E-state index contributed by atoms with van der Waals surface area (Å²) >= 11 is 5.76. The minimum absolute atomic E-state index is 0.00731. The maximum Gasteiger partial charge on any atom is 0.332 e. The largest absolute Gasteiger partial charge is 0.467 e. The van der Waals surface area contributed by atoms with E-state index in [2.05, 4.69) is 14.7 Å². The Morgan fingerprint density at radius 3 is 2.60 bits per heavy atom. The van der Waals surface area contributed by atoms with Crippen molar-refractivity contribution < 1.29 is 14.5 Å². The Morgan fingerprint density at radius 1 is 1.55 bits per heavy atom. The van der Waals surface area contributed by atoms with Gasteiger partial charge in [0.05, 0.1) is 12.0 Å². The lowest BCUT2D eigenvalue weighted by Crippen LogP contribution is -2.40. The van der Waals surface area contributed by atoms with E-state index < -0.39 is 16.9 Å². The average Bonchev–Trinajstić information content (AvgIpc) is 2.37. The molecule has 1 atom stereocenters. The molecule has 9 heteroatoms. The second-order valence-electron chi connectivity index (χ2n) is 3.99. The normalized spacial score (nSPS) is 11.8. The summed E-state index contributed by atoms with van der Waals surface area (Å²) in [4.78, 5) is 31.3. The first-order valence-corrected chi connectivity index (χ1v) is 6.24. The molecule has 110 valence electrons. The third-order valence-electron chi connectivity index (χ3n) is 2.82. The molecule has 1 rings (SSSR count). The highest BCUT2D eigenvalue weighted by molar-refractivity contribution is 6.28. The topological polar surface area (TPSA) is 98.5 Å². The standard InChI is InChI=1S/C11H15ClN4O4/c1-5-15(7(3)10(17)20-4)9-8(16(18)19)6(2)13-11(12)14-9/h7H,5H2,1-4H3/t7-/m0/s1. The van der Waals surface area contributed by atoms with Gasteiger partial charge in [0.25, 0.3) is 0 Å². The molecule has 0 aliphatic heterocycles. The summed E-state index contributed by atoms with van der Waals surface area (Å²) in [5.41, 5.74) is -0.132. The molecule has 0 saturated heterocycles. The van der Waals surface area contributed by atoms with E-state index in [-0.39, 0.29) is 22.5 Å². The number of rotatable bonds is 5. The first-order valence-electron chi connectivity index (χ1n) is 5.86. The van der Waals surface area contributed by atoms with Crippen LogP contribution >= 0.6 is 11.6 Å². The highest BCUT2D eigenvalue weighted by Crippen LogP contribution is 2.31. The maximum absolute atomic E-state index is 11.6. The Kier molecular flexibility index (Phi) is 5.20. The summed E-state index contributed by atoms with van der Waals surface area (Å²) in [6.07, 6.45) is 0. The van der Waals surface area contributed by atoms with Crippen LogP contribution in [-0.4, -0.2) is 40.6 Å². The lowest BCUT2D eigenvalue weighted by Gasteiger charge is -2.26. The second kappa shape index (κ2) is 6.47. The molecule has 0 unspecified atom stereocenters. The van der Waals surface area contributed by atoms with Crippen molar-refractivity contribution >= 4 is 29.1 Å². The summed E-state index contributed by atoms with van der Waals surface area (Å²) in [5, 5.41) is 11.1. The molecule has 0 aromatic carbocycles. The Balaban J connectivity index is 3.41. The molecule has 1 aromatic heterocycles. The minimum Gasteiger partial charge on any atom is -0.467 e. The summed E-state index contributed by atoms with van der Waals surface area (Å²) in [7, 11) is 1.25. The lowest BCUT2D eigenvalue weighted by atomic mass is 10.2. The molecular weight excluding hydrogens is 288 g/mol. The quantitative estimate of drug-likeness (QED) is 0.353. The molecule has 0 saturated carbocycles. The van der Waals surface area contributed by atoms with Crippen LogP contribution in [0.2, 0.25) is 5.28 Å². The molecule has 0 spiro atoms. The van der Waals surface area contributed by atoms with Crippen molar-refractivity contribution in [3.8, 4) is 0 Å². The Bertz CT molecular complexity index is 537. The molecule has 0 N–H and O–H groups in total. The zero-order valence-electron chi connectivity index (χ0n) is 11.6. The first-order chi connectivity index (χ1) is 9.33. The number of methoxy groups -OCH3 is 1. The molecule has 1 aromatic rings. The Hall–Kier alpha value is -1.96. The van der Waals surface area contributed by atoms with Crippen LogP contribution < -0.4 is 4.90 Å². The van der Waals surface area contributed by atoms with Gasteiger partial charge in [0.15, 0.2) is 0 Å². The van der Waals surface area contributed by atoms with Crippen LogP contribution in [0, 0.1) is 17.0 Å². The van der Waals surface area contributed by atoms with Crippen molar-refractivity contribution in [2.24, 2.45) is 0 Å². The zero-order chi connectivity index (χ0) is 15.4. The van der Waals surface area contributed by atoms with E-state index >= 15 is 0 Å². The number of aromatic nitrogens is 2. The van der Waals surface area contributed by atoms with Gasteiger partial charge in [-0.2, -0.15) is 4.98 Å². The van der Waals surface area contributed by atoms with E-state index in [0.29, 0.717) is 6.54 Å². The van der Waals surface area contributed by atoms with Crippen LogP contribution in [0.15, 0.2) is 0 Å². The molecular formula is C11H15ClN4O4. The van der Waals surface area contributed by atoms with Gasteiger partial charge < -0.3 is 9.64 Å². The SMILES string of the molecule is CCN(c1nc(Cl)nc(C)c1[N+](=O)[O-])[C@@H](C)C(=O)OC. The fraction of sp³-hybridized carbons (Fsp3) is 0.545. The van der Waals surface area contributed by atoms with Crippen LogP contribution in [0.1, 0.15) is 19.5 Å². The number of halogens is 1. The number of hydrogen-bond acceptors (Lipinski definition) is 7. The van der Waals surface area contributed by atoms with Crippen molar-refractivity contribution in [3.05, 3.63) is 21.1 Å². The van der Waals surface area contributed by atoms with Crippen LogP contribution in [0.4, 0.5) is 11.5 Å². The van der Waals surface area contributed by atoms with E-state index in [1.54, 1.807) is 13.8 Å². The number of anilines is 1. The minimum atomic E-state index is -0.728. The van der Waals surface area contributed by atoms with Gasteiger partial charge in [-0.05, 0) is 32.4 Å². The Morgan fingerprint density at radius 2 is 2.15 bits per heavy atom. The number of aryl methyl sites for hydroxylation is 1. The first kappa shape index (κ1) is 16.1. The van der Waals surface area contributed by atoms with Gasteiger partial charge >= 0.3 is 11.7 Å². The fourth-order valence-electron chi connectivity index (χ4n) is 1.84. The number of esters is 1. The summed E-state index contributed by atoms with van der Waals surface area (Å²) in [6, 6.07) is -0.728. The van der Waals surface area contributed by atoms with Gasteiger partial charge in [0.1, 0.15) is 11.7 Å². The predicted molar refractivity (Wildman–Crippen MR) is 72.9 cm³/mol. The van der Waals surface area contributed by atoms with E-state index in [1.807, 2.05) is 0 Å². The van der Waals surface area contributed by atoms with Crippen molar-refractivity contribution in [1.82, 2.24) is 9.97 Å². The van der Waals surface area contributed by atoms with Crippen LogP contribution in [0.3, 0.4) is 0 Å². The van der Waals surface area contributed by atoms with Gasteiger partial charge in [-0.1, -0.05) is 0 Å². The molecule has 0 radical (unpaired) electrons. The fourth-order valence-corrected chi connectivity index (χ4v) is 2.04. The molecule has 1 heterocycles. The molecule has 20 heavy (non-hydrogen) atoms. The van der Waals surface area contributed by atoms with Crippen molar-refractivity contribution in [2.75, 3.05) is 18.6 Å². The van der Waals surface area contributed by atoms with E-state index in [4.69, 9.17) is 11.6 Å². The molecule has 0 fully saturated rings. The van der Waals surface area contributed by atoms with Gasteiger partial charge in [0.2, 0.25) is 11.1 Å². The van der Waals surface area contributed by atoms with Crippen molar-refractivity contribution in [1.29, 1.82) is 0 Å². The van der Waals surface area contributed by atoms with Gasteiger partial charge in [-0.25, -0.2) is 9.78 Å². The third-order valence-corrected chi connectivity index (χ3v) is 2.99. The molecule has 0 bridgehead atoms. The van der Waals surface area contributed by atoms with Crippen LogP contribution in [0.5, 0.6) is 0 Å². The smallest absolute Gasteiger partial charge is 0.332 e. The highest BCUT2D eigenvalue weighted by atomic mass is 35.5. The summed E-state index contributed by atoms with van der Waals surface area (Å²) in [5.74, 6) is -0.513. The molecule has 0 aliphatic rings. The number of nitrogens with zero attached hydrogens (tertiary/aromatic N) is 4. The molecule has 0 amide bonds. The number of nitro groups is 1. The zero-order valence-corrected chi connectivity index (χ0v) is 12.3. The van der Waals surface area contributed by atoms with Crippen LogP contribution in [0.25, 0.3) is 0 Å². The lowest BCUT2D eigenvalue weighted by molar-refractivity contribution is -0.385. The van der Waals surface area contributed by atoms with Crippen molar-refractivity contribution in [3.63, 3.8) is 0 Å². The molecule has 0 aliphatic carbocycles. The van der Waals surface area contributed by atoms with E-state index in [1.165, 1.54) is 18.9 Å². The Labute approximate surface area is 120 Å². The molecule has 8 nitrogen and oxygen atoms in total. The van der Waals surface area contributed by atoms with E-state index in [0.717, 1.165) is 0 Å². The van der Waals surface area contributed by atoms with Crippen LogP contribution in [-0.2, 0) is 9.53 Å². The van der Waals surface area contributed by atoms with Gasteiger partial charge in [0, 0.05) is 6.54 Å². The average molecular weight is 303 g/mol. The van der Waals surface area contributed by atoms with Crippen molar-refractivity contribution in [2.45, 2.75) is 26.8 Å². The van der Waals surface area contributed by atoms with Gasteiger partial charge in [-0.3, -0.25) is 10.1 Å². The number of likely N-dealkylation sites (N-methyl/N-ethyl adjacent to an activating group) is 1. The predicted octanol–water partition coefficient (Wildman–Crippen LogP) is 1.73. The van der Waals surface area contributed by atoms with E-state index in [9.17, 15) is 14.9 Å². The monoisotopic (exact) mass is 302 g/mol. The number of carbonyl (C=O) groups is 1.